The molecule has 4 aromatic rings. The smallest absolute Gasteiger partial charge is 0.261 e. The number of anilines is 1. The van der Waals surface area contributed by atoms with Crippen molar-refractivity contribution in [2.45, 2.75) is 13.8 Å². The molecule has 1 N–H and O–H groups in total. The zero-order valence-corrected chi connectivity index (χ0v) is 14.7. The number of rotatable bonds is 3. The van der Waals surface area contributed by atoms with Crippen molar-refractivity contribution in [2.75, 3.05) is 5.32 Å². The van der Waals surface area contributed by atoms with E-state index in [1.165, 1.54) is 4.88 Å². The van der Waals surface area contributed by atoms with E-state index >= 15 is 0 Å². The summed E-state index contributed by atoms with van der Waals surface area (Å²) in [4.78, 5) is 18.3. The Hall–Kier alpha value is -2.99. The summed E-state index contributed by atoms with van der Waals surface area (Å²) in [7, 11) is 0. The van der Waals surface area contributed by atoms with Crippen molar-refractivity contribution in [3.63, 3.8) is 0 Å². The molecule has 124 valence electrons. The van der Waals surface area contributed by atoms with Crippen molar-refractivity contribution in [3.05, 3.63) is 71.0 Å². The molecular weight excluding hydrogens is 332 g/mol. The normalized spacial score (nSPS) is 11.0. The molecule has 0 saturated heterocycles. The SMILES string of the molecule is Cc1cc(C)n2ncc(C(=O)Nc3ccc(-c4cccs4)cc3)c2n1. The van der Waals surface area contributed by atoms with Crippen molar-refractivity contribution < 1.29 is 4.79 Å². The summed E-state index contributed by atoms with van der Waals surface area (Å²) in [6.07, 6.45) is 1.56. The summed E-state index contributed by atoms with van der Waals surface area (Å²) in [6.45, 7) is 3.85. The molecule has 0 bridgehead atoms. The Labute approximate surface area is 149 Å². The number of thiophene rings is 1. The van der Waals surface area contributed by atoms with Gasteiger partial charge in [0.2, 0.25) is 0 Å². The van der Waals surface area contributed by atoms with Gasteiger partial charge in [-0.05, 0) is 49.1 Å². The van der Waals surface area contributed by atoms with Crippen molar-refractivity contribution in [2.24, 2.45) is 0 Å². The topological polar surface area (TPSA) is 59.3 Å². The lowest BCUT2D eigenvalue weighted by Crippen LogP contribution is -2.12. The van der Waals surface area contributed by atoms with Crippen molar-refractivity contribution in [1.29, 1.82) is 0 Å². The molecule has 1 aromatic carbocycles. The summed E-state index contributed by atoms with van der Waals surface area (Å²) in [5.74, 6) is -0.212. The standard InChI is InChI=1S/C19H16N4OS/c1-12-10-13(2)23-18(21-12)16(11-20-23)19(24)22-15-7-5-14(6-8-15)17-4-3-9-25-17/h3-11H,1-2H3,(H,22,24). The van der Waals surface area contributed by atoms with E-state index in [0.29, 0.717) is 11.2 Å². The minimum atomic E-state index is -0.212. The molecule has 0 aliphatic rings. The van der Waals surface area contributed by atoms with Gasteiger partial charge in [-0.1, -0.05) is 18.2 Å². The number of nitrogens with one attached hydrogen (secondary N) is 1. The number of hydrogen-bond donors (Lipinski definition) is 1. The third-order valence-corrected chi connectivity index (χ3v) is 4.89. The van der Waals surface area contributed by atoms with Crippen LogP contribution in [-0.2, 0) is 0 Å². The zero-order valence-electron chi connectivity index (χ0n) is 13.9. The Morgan fingerprint density at radius 1 is 1.16 bits per heavy atom. The average molecular weight is 348 g/mol. The van der Waals surface area contributed by atoms with Gasteiger partial charge in [0.15, 0.2) is 5.65 Å². The van der Waals surface area contributed by atoms with Crippen LogP contribution in [0.1, 0.15) is 21.7 Å². The molecule has 0 spiro atoms. The van der Waals surface area contributed by atoms with Crippen molar-refractivity contribution in [1.82, 2.24) is 14.6 Å². The lowest BCUT2D eigenvalue weighted by molar-refractivity contribution is 0.102. The maximum Gasteiger partial charge on any atom is 0.261 e. The molecule has 0 fully saturated rings. The first-order valence-corrected chi connectivity index (χ1v) is 8.77. The first-order chi connectivity index (χ1) is 12.1. The van der Waals surface area contributed by atoms with Gasteiger partial charge in [-0.15, -0.1) is 11.3 Å². The number of fused-ring (bicyclic) bond motifs is 1. The summed E-state index contributed by atoms with van der Waals surface area (Å²) in [6, 6.07) is 13.9. The second kappa shape index (κ2) is 6.14. The number of benzene rings is 1. The number of carbonyl (C=O) groups is 1. The molecule has 3 heterocycles. The van der Waals surface area contributed by atoms with Gasteiger partial charge in [-0.2, -0.15) is 5.10 Å². The van der Waals surface area contributed by atoms with E-state index in [9.17, 15) is 4.79 Å². The molecule has 0 aliphatic heterocycles. The molecule has 0 saturated carbocycles. The summed E-state index contributed by atoms with van der Waals surface area (Å²) in [5.41, 5.74) is 4.73. The quantitative estimate of drug-likeness (QED) is 0.599. The number of aryl methyl sites for hydroxylation is 2. The van der Waals surface area contributed by atoms with Gasteiger partial charge in [0.1, 0.15) is 5.56 Å². The number of aromatic nitrogens is 3. The largest absolute Gasteiger partial charge is 0.322 e. The van der Waals surface area contributed by atoms with Crippen LogP contribution in [0, 0.1) is 13.8 Å². The van der Waals surface area contributed by atoms with Crippen LogP contribution in [0.3, 0.4) is 0 Å². The van der Waals surface area contributed by atoms with Crippen molar-refractivity contribution in [3.8, 4) is 10.4 Å². The van der Waals surface area contributed by atoms with E-state index in [4.69, 9.17) is 0 Å². The fraction of sp³-hybridized carbons (Fsp3) is 0.105. The van der Waals surface area contributed by atoms with E-state index < -0.39 is 0 Å². The Bertz CT molecular complexity index is 1050. The molecule has 5 nitrogen and oxygen atoms in total. The minimum Gasteiger partial charge on any atom is -0.322 e. The van der Waals surface area contributed by atoms with Crippen LogP contribution in [-0.4, -0.2) is 20.5 Å². The molecule has 6 heteroatoms. The van der Waals surface area contributed by atoms with Gasteiger partial charge in [-0.3, -0.25) is 4.79 Å². The summed E-state index contributed by atoms with van der Waals surface area (Å²) >= 11 is 1.69. The van der Waals surface area contributed by atoms with Crippen LogP contribution >= 0.6 is 11.3 Å². The number of hydrogen-bond acceptors (Lipinski definition) is 4. The molecule has 0 atom stereocenters. The molecule has 25 heavy (non-hydrogen) atoms. The van der Waals surface area contributed by atoms with Gasteiger partial charge >= 0.3 is 0 Å². The van der Waals surface area contributed by atoms with E-state index in [0.717, 1.165) is 22.6 Å². The third-order valence-electron chi connectivity index (χ3n) is 3.97. The fourth-order valence-electron chi connectivity index (χ4n) is 2.79. The maximum absolute atomic E-state index is 12.6. The molecule has 1 amide bonds. The first-order valence-electron chi connectivity index (χ1n) is 7.89. The Balaban J connectivity index is 1.60. The van der Waals surface area contributed by atoms with Crippen LogP contribution in [0.15, 0.2) is 54.0 Å². The molecular formula is C19H16N4OS. The Kier molecular flexibility index (Phi) is 3.82. The summed E-state index contributed by atoms with van der Waals surface area (Å²) in [5, 5.41) is 9.23. The van der Waals surface area contributed by atoms with E-state index in [1.54, 1.807) is 22.0 Å². The highest BCUT2D eigenvalue weighted by atomic mass is 32.1. The van der Waals surface area contributed by atoms with Crippen LogP contribution < -0.4 is 5.32 Å². The molecule has 0 unspecified atom stereocenters. The highest BCUT2D eigenvalue weighted by Crippen LogP contribution is 2.26. The number of amides is 1. The first kappa shape index (κ1) is 15.5. The predicted molar refractivity (Wildman–Crippen MR) is 100 cm³/mol. The van der Waals surface area contributed by atoms with Crippen LogP contribution in [0.5, 0.6) is 0 Å². The lowest BCUT2D eigenvalue weighted by atomic mass is 10.1. The van der Waals surface area contributed by atoms with Gasteiger partial charge in [0, 0.05) is 22.0 Å². The Morgan fingerprint density at radius 2 is 1.96 bits per heavy atom. The van der Waals surface area contributed by atoms with Crippen LogP contribution in [0.25, 0.3) is 16.1 Å². The van der Waals surface area contributed by atoms with Gasteiger partial charge < -0.3 is 5.32 Å². The molecule has 0 radical (unpaired) electrons. The molecule has 4 rings (SSSR count). The second-order valence-electron chi connectivity index (χ2n) is 5.84. The molecule has 3 aromatic heterocycles. The van der Waals surface area contributed by atoms with Gasteiger partial charge in [0.05, 0.1) is 6.20 Å². The fourth-order valence-corrected chi connectivity index (χ4v) is 3.52. The van der Waals surface area contributed by atoms with E-state index in [1.807, 2.05) is 55.6 Å². The number of carbonyl (C=O) groups excluding carboxylic acids is 1. The average Bonchev–Trinajstić information content (AvgIpc) is 3.25. The van der Waals surface area contributed by atoms with Crippen LogP contribution in [0.2, 0.25) is 0 Å². The maximum atomic E-state index is 12.6. The lowest BCUT2D eigenvalue weighted by Gasteiger charge is -2.06. The monoisotopic (exact) mass is 348 g/mol. The Morgan fingerprint density at radius 3 is 2.68 bits per heavy atom. The summed E-state index contributed by atoms with van der Waals surface area (Å²) < 4.78 is 1.68. The second-order valence-corrected chi connectivity index (χ2v) is 6.79. The van der Waals surface area contributed by atoms with Crippen LogP contribution in [0.4, 0.5) is 5.69 Å². The minimum absolute atomic E-state index is 0.212. The van der Waals surface area contributed by atoms with E-state index in [2.05, 4.69) is 21.5 Å². The van der Waals surface area contributed by atoms with E-state index in [-0.39, 0.29) is 5.91 Å². The van der Waals surface area contributed by atoms with Gasteiger partial charge in [0.25, 0.3) is 5.91 Å². The number of nitrogens with zero attached hydrogens (tertiary/aromatic N) is 3. The van der Waals surface area contributed by atoms with Crippen molar-refractivity contribution >= 4 is 28.6 Å². The predicted octanol–water partition coefficient (Wildman–Crippen LogP) is 4.33. The highest BCUT2D eigenvalue weighted by molar-refractivity contribution is 7.13. The highest BCUT2D eigenvalue weighted by Gasteiger charge is 2.15. The van der Waals surface area contributed by atoms with Gasteiger partial charge in [-0.25, -0.2) is 9.50 Å². The third kappa shape index (κ3) is 2.92. The zero-order chi connectivity index (χ0) is 17.4. The molecule has 0 aliphatic carbocycles.